The van der Waals surface area contributed by atoms with Gasteiger partial charge in [0.25, 0.3) is 5.91 Å². The highest BCUT2D eigenvalue weighted by molar-refractivity contribution is 7.80. The molecule has 0 radical (unpaired) electrons. The number of hydrogen-bond acceptors (Lipinski definition) is 4. The Labute approximate surface area is 125 Å². The van der Waals surface area contributed by atoms with Gasteiger partial charge in [-0.25, -0.2) is 0 Å². The number of methoxy groups -OCH3 is 1. The van der Waals surface area contributed by atoms with Gasteiger partial charge in [-0.2, -0.15) is 0 Å². The van der Waals surface area contributed by atoms with E-state index in [4.69, 9.17) is 22.7 Å². The lowest BCUT2D eigenvalue weighted by molar-refractivity contribution is 0.102. The monoisotopic (exact) mass is 303 g/mol. The van der Waals surface area contributed by atoms with Gasteiger partial charge in [-0.05, 0) is 18.2 Å². The van der Waals surface area contributed by atoms with Gasteiger partial charge in [0.2, 0.25) is 5.56 Å². The number of nitrogens with two attached hydrogens (primary N) is 1. The molecule has 0 saturated carbocycles. The summed E-state index contributed by atoms with van der Waals surface area (Å²) < 4.78 is 5.19. The molecule has 0 spiro atoms. The predicted molar refractivity (Wildman–Crippen MR) is 83.9 cm³/mol. The number of carbonyl (C=O) groups excluding carboxylic acids is 1. The average Bonchev–Trinajstić information content (AvgIpc) is 2.47. The van der Waals surface area contributed by atoms with E-state index in [1.165, 1.54) is 25.3 Å². The zero-order valence-electron chi connectivity index (χ0n) is 11.2. The topological polar surface area (TPSA) is 97.2 Å². The number of thiocarbonyl (C=S) groups is 1. The molecular formula is C14H13N3O3S. The minimum Gasteiger partial charge on any atom is -0.495 e. The van der Waals surface area contributed by atoms with Crippen molar-refractivity contribution in [3.63, 3.8) is 0 Å². The molecule has 1 heterocycles. The fourth-order valence-corrected chi connectivity index (χ4v) is 1.97. The highest BCUT2D eigenvalue weighted by atomic mass is 32.1. The van der Waals surface area contributed by atoms with E-state index >= 15 is 0 Å². The van der Waals surface area contributed by atoms with Crippen molar-refractivity contribution in [3.8, 4) is 5.75 Å². The molecule has 6 nitrogen and oxygen atoms in total. The van der Waals surface area contributed by atoms with Crippen LogP contribution >= 0.6 is 12.2 Å². The third-order valence-corrected chi connectivity index (χ3v) is 2.98. The number of pyridine rings is 1. The smallest absolute Gasteiger partial charge is 0.272 e. The third kappa shape index (κ3) is 3.26. The van der Waals surface area contributed by atoms with Gasteiger partial charge >= 0.3 is 0 Å². The van der Waals surface area contributed by atoms with Gasteiger partial charge in [-0.1, -0.05) is 24.4 Å². The summed E-state index contributed by atoms with van der Waals surface area (Å²) >= 11 is 4.96. The van der Waals surface area contributed by atoms with Gasteiger partial charge in [0.05, 0.1) is 12.8 Å². The zero-order chi connectivity index (χ0) is 15.4. The van der Waals surface area contributed by atoms with Crippen LogP contribution in [0.15, 0.2) is 41.2 Å². The summed E-state index contributed by atoms with van der Waals surface area (Å²) in [7, 11) is 1.47. The summed E-state index contributed by atoms with van der Waals surface area (Å²) in [5, 5.41) is 2.65. The van der Waals surface area contributed by atoms with E-state index in [0.717, 1.165) is 0 Å². The highest BCUT2D eigenvalue weighted by Crippen LogP contribution is 2.28. The average molecular weight is 303 g/mol. The highest BCUT2D eigenvalue weighted by Gasteiger charge is 2.15. The van der Waals surface area contributed by atoms with E-state index < -0.39 is 5.91 Å². The fraction of sp³-hybridized carbons (Fsp3) is 0.0714. The molecule has 0 saturated heterocycles. The molecule has 2 aromatic rings. The van der Waals surface area contributed by atoms with Crippen LogP contribution in [0, 0.1) is 0 Å². The van der Waals surface area contributed by atoms with E-state index in [9.17, 15) is 9.59 Å². The van der Waals surface area contributed by atoms with E-state index in [2.05, 4.69) is 10.3 Å². The molecular weight excluding hydrogens is 290 g/mol. The van der Waals surface area contributed by atoms with E-state index in [0.29, 0.717) is 17.0 Å². The SMILES string of the molecule is COc1cccc(C(N)=S)c1NC(=O)c1cccc(=O)[nH]1. The molecule has 4 N–H and O–H groups in total. The molecule has 0 unspecified atom stereocenters. The molecule has 108 valence electrons. The van der Waals surface area contributed by atoms with E-state index in [1.807, 2.05) is 0 Å². The van der Waals surface area contributed by atoms with Crippen LogP contribution in [-0.2, 0) is 0 Å². The van der Waals surface area contributed by atoms with Crippen LogP contribution in [-0.4, -0.2) is 23.0 Å². The molecule has 1 aromatic carbocycles. The van der Waals surface area contributed by atoms with Crippen LogP contribution in [0.1, 0.15) is 16.1 Å². The summed E-state index contributed by atoms with van der Waals surface area (Å²) in [5.74, 6) is -0.0679. The van der Waals surface area contributed by atoms with Crippen molar-refractivity contribution in [2.45, 2.75) is 0 Å². The lowest BCUT2D eigenvalue weighted by Gasteiger charge is -2.14. The van der Waals surface area contributed by atoms with Crippen molar-refractivity contribution in [3.05, 3.63) is 58.0 Å². The second kappa shape index (κ2) is 6.19. The van der Waals surface area contributed by atoms with Crippen molar-refractivity contribution in [1.82, 2.24) is 4.98 Å². The van der Waals surface area contributed by atoms with Gasteiger partial charge in [-0.15, -0.1) is 0 Å². The molecule has 2 rings (SSSR count). The van der Waals surface area contributed by atoms with E-state index in [1.54, 1.807) is 18.2 Å². The Morgan fingerprint density at radius 3 is 2.62 bits per heavy atom. The molecule has 1 aromatic heterocycles. The number of anilines is 1. The van der Waals surface area contributed by atoms with Crippen molar-refractivity contribution in [1.29, 1.82) is 0 Å². The Morgan fingerprint density at radius 1 is 1.29 bits per heavy atom. The number of benzene rings is 1. The summed E-state index contributed by atoms with van der Waals surface area (Å²) in [6.45, 7) is 0. The predicted octanol–water partition coefficient (Wildman–Crippen LogP) is 1.27. The first-order valence-electron chi connectivity index (χ1n) is 6.00. The second-order valence-electron chi connectivity index (χ2n) is 4.13. The van der Waals surface area contributed by atoms with E-state index in [-0.39, 0.29) is 16.2 Å². The molecule has 0 fully saturated rings. The summed E-state index contributed by atoms with van der Waals surface area (Å²) in [6.07, 6.45) is 0. The normalized spacial score (nSPS) is 9.95. The Balaban J connectivity index is 2.41. The van der Waals surface area contributed by atoms with Crippen molar-refractivity contribution >= 4 is 28.8 Å². The quantitative estimate of drug-likeness (QED) is 0.739. The van der Waals surface area contributed by atoms with Crippen LogP contribution in [0.5, 0.6) is 5.75 Å². The van der Waals surface area contributed by atoms with Gasteiger partial charge < -0.3 is 20.8 Å². The molecule has 21 heavy (non-hydrogen) atoms. The number of nitrogens with one attached hydrogen (secondary N) is 2. The molecule has 0 aliphatic heterocycles. The maximum atomic E-state index is 12.2. The Kier molecular flexibility index (Phi) is 4.34. The lowest BCUT2D eigenvalue weighted by Crippen LogP contribution is -2.21. The second-order valence-corrected chi connectivity index (χ2v) is 4.57. The molecule has 7 heteroatoms. The van der Waals surface area contributed by atoms with Crippen molar-refractivity contribution in [2.24, 2.45) is 5.73 Å². The Morgan fingerprint density at radius 2 is 2.00 bits per heavy atom. The van der Waals surface area contributed by atoms with Gasteiger partial charge in [0, 0.05) is 11.6 Å². The maximum absolute atomic E-state index is 12.2. The van der Waals surface area contributed by atoms with Crippen molar-refractivity contribution < 1.29 is 9.53 Å². The Hall–Kier alpha value is -2.67. The maximum Gasteiger partial charge on any atom is 0.272 e. The molecule has 1 amide bonds. The number of aromatic amines is 1. The van der Waals surface area contributed by atoms with Gasteiger partial charge in [0.1, 0.15) is 16.4 Å². The van der Waals surface area contributed by atoms with Crippen molar-refractivity contribution in [2.75, 3.05) is 12.4 Å². The summed E-state index contributed by atoms with van der Waals surface area (Å²) in [4.78, 5) is 26.0. The van der Waals surface area contributed by atoms with Gasteiger partial charge in [0.15, 0.2) is 0 Å². The third-order valence-electron chi connectivity index (χ3n) is 2.76. The molecule has 0 aliphatic carbocycles. The number of H-pyrrole nitrogens is 1. The molecule has 0 bridgehead atoms. The lowest BCUT2D eigenvalue weighted by atomic mass is 10.1. The fourth-order valence-electron chi connectivity index (χ4n) is 1.80. The molecule has 0 atom stereocenters. The largest absolute Gasteiger partial charge is 0.495 e. The minimum atomic E-state index is -0.491. The summed E-state index contributed by atoms with van der Waals surface area (Å²) in [5.41, 5.74) is 6.25. The van der Waals surface area contributed by atoms with Crippen LogP contribution in [0.4, 0.5) is 5.69 Å². The number of para-hydroxylation sites is 1. The number of ether oxygens (including phenoxy) is 1. The minimum absolute atomic E-state index is 0.127. The Bertz CT molecular complexity index is 755. The number of rotatable bonds is 4. The number of carbonyl (C=O) groups is 1. The first-order valence-corrected chi connectivity index (χ1v) is 6.41. The standard InChI is InChI=1S/C14H13N3O3S/c1-20-10-6-2-4-8(13(15)21)12(10)17-14(19)9-5-3-7-11(18)16-9/h2-7H,1H3,(H2,15,21)(H,16,18)(H,17,19). The van der Waals surface area contributed by atoms with Gasteiger partial charge in [-0.3, -0.25) is 9.59 Å². The summed E-state index contributed by atoms with van der Waals surface area (Å²) in [6, 6.07) is 9.37. The van der Waals surface area contributed by atoms with Crippen LogP contribution in [0.2, 0.25) is 0 Å². The first kappa shape index (κ1) is 14.7. The number of aromatic nitrogens is 1. The zero-order valence-corrected chi connectivity index (χ0v) is 12.0. The first-order chi connectivity index (χ1) is 10.0. The molecule has 0 aliphatic rings. The van der Waals surface area contributed by atoms with Crippen LogP contribution in [0.3, 0.4) is 0 Å². The number of amides is 1. The van der Waals surface area contributed by atoms with Crippen LogP contribution in [0.25, 0.3) is 0 Å². The number of hydrogen-bond donors (Lipinski definition) is 3. The van der Waals surface area contributed by atoms with Crippen LogP contribution < -0.4 is 21.3 Å².